The third kappa shape index (κ3) is 4.77. The third-order valence-electron chi connectivity index (χ3n) is 6.52. The lowest BCUT2D eigenvalue weighted by molar-refractivity contribution is -0.132. The van der Waals surface area contributed by atoms with Gasteiger partial charge < -0.3 is 14.6 Å². The molecule has 0 spiro atoms. The second-order valence-corrected chi connectivity index (χ2v) is 9.92. The molecule has 38 heavy (non-hydrogen) atoms. The van der Waals surface area contributed by atoms with Crippen molar-refractivity contribution in [3.63, 3.8) is 0 Å². The van der Waals surface area contributed by atoms with Gasteiger partial charge in [0.25, 0.3) is 11.7 Å². The number of ketones is 1. The highest BCUT2D eigenvalue weighted by Crippen LogP contribution is 2.43. The summed E-state index contributed by atoms with van der Waals surface area (Å²) < 4.78 is 24.2. The summed E-state index contributed by atoms with van der Waals surface area (Å²) in [5.74, 6) is -3.43. The number of anilines is 1. The molecular weight excluding hydrogens is 489 g/mol. The van der Waals surface area contributed by atoms with Gasteiger partial charge in [0.1, 0.15) is 17.3 Å². The molecule has 196 valence electrons. The first-order valence-corrected chi connectivity index (χ1v) is 11.9. The monoisotopic (exact) mass is 517 g/mol. The Hall–Kier alpha value is -4.46. The van der Waals surface area contributed by atoms with Gasteiger partial charge in [-0.15, -0.1) is 0 Å². The van der Waals surface area contributed by atoms with Crippen molar-refractivity contribution in [2.75, 3.05) is 19.1 Å². The molecule has 0 aliphatic carbocycles. The van der Waals surface area contributed by atoms with Gasteiger partial charge in [0.05, 0.1) is 37.0 Å². The third-order valence-corrected chi connectivity index (χ3v) is 6.52. The topological polar surface area (TPSA) is 93.1 Å². The van der Waals surface area contributed by atoms with E-state index in [4.69, 9.17) is 9.47 Å². The predicted molar refractivity (Wildman–Crippen MR) is 141 cm³/mol. The van der Waals surface area contributed by atoms with Crippen LogP contribution >= 0.6 is 0 Å². The van der Waals surface area contributed by atoms with Crippen LogP contribution in [0.25, 0.3) is 5.76 Å². The van der Waals surface area contributed by atoms with E-state index in [0.717, 1.165) is 11.6 Å². The minimum atomic E-state index is -1.03. The summed E-state index contributed by atoms with van der Waals surface area (Å²) in [6, 6.07) is 15.9. The van der Waals surface area contributed by atoms with Gasteiger partial charge in [-0.2, -0.15) is 0 Å². The van der Waals surface area contributed by atoms with Crippen LogP contribution in [0.4, 0.5) is 10.1 Å². The second-order valence-electron chi connectivity index (χ2n) is 9.92. The van der Waals surface area contributed by atoms with E-state index in [2.05, 4.69) is 20.8 Å². The molecular formula is C30H28FNO6. The number of esters is 1. The average molecular weight is 518 g/mol. The zero-order valence-electron chi connectivity index (χ0n) is 21.7. The van der Waals surface area contributed by atoms with Crippen molar-refractivity contribution in [2.24, 2.45) is 0 Å². The Morgan fingerprint density at radius 1 is 0.947 bits per heavy atom. The first-order valence-electron chi connectivity index (χ1n) is 11.9. The molecule has 7 nitrogen and oxygen atoms in total. The Balaban J connectivity index is 1.94. The number of hydrogen-bond acceptors (Lipinski definition) is 6. The van der Waals surface area contributed by atoms with Gasteiger partial charge >= 0.3 is 5.97 Å². The van der Waals surface area contributed by atoms with Crippen LogP contribution in [0.5, 0.6) is 5.75 Å². The zero-order valence-corrected chi connectivity index (χ0v) is 21.7. The summed E-state index contributed by atoms with van der Waals surface area (Å²) in [5.41, 5.74) is 1.79. The highest BCUT2D eigenvalue weighted by molar-refractivity contribution is 6.51. The molecule has 0 bridgehead atoms. The number of amides is 1. The van der Waals surface area contributed by atoms with Crippen molar-refractivity contribution in [3.8, 4) is 5.75 Å². The molecule has 3 aromatic carbocycles. The Kier molecular flexibility index (Phi) is 7.09. The van der Waals surface area contributed by atoms with Gasteiger partial charge in [0.15, 0.2) is 0 Å². The summed E-state index contributed by atoms with van der Waals surface area (Å²) in [5, 5.41) is 11.3. The van der Waals surface area contributed by atoms with Gasteiger partial charge in [-0.3, -0.25) is 14.5 Å². The van der Waals surface area contributed by atoms with E-state index in [-0.39, 0.29) is 27.9 Å². The Bertz CT molecular complexity index is 1440. The van der Waals surface area contributed by atoms with E-state index in [1.54, 1.807) is 12.1 Å². The number of rotatable bonds is 5. The van der Waals surface area contributed by atoms with E-state index in [0.29, 0.717) is 11.3 Å². The Morgan fingerprint density at radius 3 is 2.13 bits per heavy atom. The molecule has 1 fully saturated rings. The van der Waals surface area contributed by atoms with Crippen LogP contribution in [0.2, 0.25) is 0 Å². The number of Topliss-reactive ketones (excluding diaryl/α,β-unsaturated/α-hetero) is 1. The number of carbonyl (C=O) groups excluding carboxylic acids is 3. The van der Waals surface area contributed by atoms with E-state index >= 15 is 0 Å². The minimum absolute atomic E-state index is 0.0529. The van der Waals surface area contributed by atoms with Gasteiger partial charge in [-0.25, -0.2) is 9.18 Å². The largest absolute Gasteiger partial charge is 0.507 e. The number of nitrogens with zero attached hydrogens (tertiary/aromatic N) is 1. The maximum atomic E-state index is 14.2. The van der Waals surface area contributed by atoms with Crippen LogP contribution in [0.3, 0.4) is 0 Å². The van der Waals surface area contributed by atoms with Crippen molar-refractivity contribution in [3.05, 3.63) is 100 Å². The number of methoxy groups -OCH3 is 2. The van der Waals surface area contributed by atoms with Gasteiger partial charge in [0, 0.05) is 5.69 Å². The Labute approximate surface area is 220 Å². The summed E-state index contributed by atoms with van der Waals surface area (Å²) in [6.45, 7) is 6.19. The number of hydrogen-bond donors (Lipinski definition) is 1. The number of halogens is 1. The van der Waals surface area contributed by atoms with Gasteiger partial charge in [0.2, 0.25) is 0 Å². The van der Waals surface area contributed by atoms with Crippen LogP contribution in [-0.2, 0) is 19.7 Å². The number of aliphatic hydroxyl groups excluding tert-OH is 1. The van der Waals surface area contributed by atoms with Crippen LogP contribution in [-0.4, -0.2) is 37.0 Å². The van der Waals surface area contributed by atoms with Crippen molar-refractivity contribution < 1.29 is 33.4 Å². The van der Waals surface area contributed by atoms with Crippen molar-refractivity contribution >= 4 is 29.1 Å². The molecule has 1 atom stereocenters. The summed E-state index contributed by atoms with van der Waals surface area (Å²) in [7, 11) is 2.62. The van der Waals surface area contributed by atoms with Crippen LogP contribution in [0, 0.1) is 5.82 Å². The number of ether oxygens (including phenoxy) is 2. The summed E-state index contributed by atoms with van der Waals surface area (Å²) in [6.07, 6.45) is 0. The van der Waals surface area contributed by atoms with Crippen molar-refractivity contribution in [2.45, 2.75) is 32.2 Å². The van der Waals surface area contributed by atoms with Gasteiger partial charge in [-0.05, 0) is 59.0 Å². The molecule has 1 saturated heterocycles. The van der Waals surface area contributed by atoms with Crippen LogP contribution in [0.15, 0.2) is 72.3 Å². The molecule has 0 saturated carbocycles. The fourth-order valence-corrected chi connectivity index (χ4v) is 4.47. The van der Waals surface area contributed by atoms with Crippen LogP contribution < -0.4 is 9.64 Å². The molecule has 8 heteroatoms. The molecule has 0 radical (unpaired) electrons. The fourth-order valence-electron chi connectivity index (χ4n) is 4.47. The van der Waals surface area contributed by atoms with Crippen molar-refractivity contribution in [1.82, 2.24) is 0 Å². The molecule has 0 aromatic heterocycles. The van der Waals surface area contributed by atoms with E-state index in [1.807, 2.05) is 12.1 Å². The lowest BCUT2D eigenvalue weighted by Gasteiger charge is -2.27. The average Bonchev–Trinajstić information content (AvgIpc) is 3.17. The van der Waals surface area contributed by atoms with Crippen molar-refractivity contribution in [1.29, 1.82) is 0 Å². The van der Waals surface area contributed by atoms with E-state index in [1.165, 1.54) is 55.5 Å². The van der Waals surface area contributed by atoms with Gasteiger partial charge in [-0.1, -0.05) is 45.0 Å². The molecule has 1 unspecified atom stereocenters. The molecule has 1 aliphatic rings. The Morgan fingerprint density at radius 2 is 1.58 bits per heavy atom. The highest BCUT2D eigenvalue weighted by Gasteiger charge is 2.47. The normalized spacial score (nSPS) is 17.0. The molecule has 3 aromatic rings. The van der Waals surface area contributed by atoms with E-state index < -0.39 is 35.3 Å². The lowest BCUT2D eigenvalue weighted by atomic mass is 9.85. The number of aliphatic hydroxyl groups is 1. The first kappa shape index (κ1) is 26.6. The zero-order chi connectivity index (χ0) is 27.8. The first-order chi connectivity index (χ1) is 18.0. The molecule has 1 N–H and O–H groups in total. The fraction of sp³-hybridized carbons (Fsp3) is 0.233. The molecule has 1 amide bonds. The number of benzene rings is 3. The smallest absolute Gasteiger partial charge is 0.337 e. The van der Waals surface area contributed by atoms with E-state index in [9.17, 15) is 23.9 Å². The quantitative estimate of drug-likeness (QED) is 0.207. The molecule has 4 rings (SSSR count). The maximum Gasteiger partial charge on any atom is 0.337 e. The maximum absolute atomic E-state index is 14.2. The lowest BCUT2D eigenvalue weighted by Crippen LogP contribution is -2.29. The standard InChI is InChI=1S/C30H28FNO6/c1-30(2,3)19-10-6-17(7-11-19)25-24(26(33)22-16-20(31)12-15-23(22)37-4)27(34)28(35)32(25)21-13-8-18(9-14-21)29(36)38-5/h6-16,25,33H,1-5H3/b26-24+. The predicted octanol–water partition coefficient (Wildman–Crippen LogP) is 5.54. The van der Waals surface area contributed by atoms with Crippen LogP contribution in [0.1, 0.15) is 53.9 Å². The summed E-state index contributed by atoms with van der Waals surface area (Å²) >= 11 is 0. The minimum Gasteiger partial charge on any atom is -0.507 e. The summed E-state index contributed by atoms with van der Waals surface area (Å²) in [4.78, 5) is 40.0. The molecule has 1 heterocycles. The highest BCUT2D eigenvalue weighted by atomic mass is 19.1. The SMILES string of the molecule is COC(=O)c1ccc(N2C(=O)C(=O)/C(=C(/O)c3cc(F)ccc3OC)C2c2ccc(C(C)(C)C)cc2)cc1. The number of carbonyl (C=O) groups is 3. The molecule has 1 aliphatic heterocycles. The second kappa shape index (κ2) is 10.1.